The van der Waals surface area contributed by atoms with E-state index in [1.807, 2.05) is 6.92 Å². The van der Waals surface area contributed by atoms with Crippen LogP contribution in [-0.2, 0) is 6.42 Å². The van der Waals surface area contributed by atoms with Gasteiger partial charge in [0.1, 0.15) is 6.26 Å². The van der Waals surface area contributed by atoms with Crippen molar-refractivity contribution < 1.29 is 9.21 Å². The van der Waals surface area contributed by atoms with Gasteiger partial charge in [-0.05, 0) is 12.0 Å². The SMILES string of the molecule is CCc1cc(=O)occ1C=O. The Hall–Kier alpha value is -1.38. The van der Waals surface area contributed by atoms with Gasteiger partial charge in [0.05, 0.1) is 5.56 Å². The Balaban J connectivity index is 3.27. The Bertz CT molecular complexity index is 311. The van der Waals surface area contributed by atoms with Gasteiger partial charge in [0.25, 0.3) is 0 Å². The number of aldehydes is 1. The van der Waals surface area contributed by atoms with Crippen molar-refractivity contribution in [2.24, 2.45) is 0 Å². The molecule has 0 spiro atoms. The zero-order chi connectivity index (χ0) is 8.27. The Labute approximate surface area is 63.7 Å². The summed E-state index contributed by atoms with van der Waals surface area (Å²) in [5.41, 5.74) is 0.774. The van der Waals surface area contributed by atoms with Crippen LogP contribution in [-0.4, -0.2) is 6.29 Å². The van der Waals surface area contributed by atoms with Gasteiger partial charge in [-0.15, -0.1) is 0 Å². The molecule has 0 unspecified atom stereocenters. The van der Waals surface area contributed by atoms with Crippen LogP contribution >= 0.6 is 0 Å². The molecule has 0 amide bonds. The van der Waals surface area contributed by atoms with Gasteiger partial charge in [0, 0.05) is 6.07 Å². The topological polar surface area (TPSA) is 47.3 Å². The second-order valence-electron chi connectivity index (χ2n) is 2.15. The van der Waals surface area contributed by atoms with Gasteiger partial charge < -0.3 is 4.42 Å². The molecule has 3 heteroatoms. The van der Waals surface area contributed by atoms with Crippen molar-refractivity contribution in [2.75, 3.05) is 0 Å². The maximum Gasteiger partial charge on any atom is 0.335 e. The van der Waals surface area contributed by atoms with Crippen molar-refractivity contribution in [3.63, 3.8) is 0 Å². The molecule has 0 aliphatic heterocycles. The molecule has 0 bridgehead atoms. The first kappa shape index (κ1) is 7.72. The van der Waals surface area contributed by atoms with Crippen LogP contribution in [0, 0.1) is 0 Å². The summed E-state index contributed by atoms with van der Waals surface area (Å²) in [6.07, 6.45) is 2.54. The second kappa shape index (κ2) is 3.14. The summed E-state index contributed by atoms with van der Waals surface area (Å²) in [5, 5.41) is 0. The lowest BCUT2D eigenvalue weighted by molar-refractivity contribution is 0.112. The number of carbonyl (C=O) groups is 1. The normalized spacial score (nSPS) is 9.55. The fourth-order valence-electron chi connectivity index (χ4n) is 0.867. The largest absolute Gasteiger partial charge is 0.431 e. The summed E-state index contributed by atoms with van der Waals surface area (Å²) in [6, 6.07) is 1.34. The molecule has 0 aliphatic carbocycles. The maximum atomic E-state index is 10.6. The zero-order valence-corrected chi connectivity index (χ0v) is 6.16. The van der Waals surface area contributed by atoms with Gasteiger partial charge in [-0.2, -0.15) is 0 Å². The van der Waals surface area contributed by atoms with E-state index >= 15 is 0 Å². The van der Waals surface area contributed by atoms with E-state index in [2.05, 4.69) is 4.42 Å². The molecule has 1 rings (SSSR count). The Kier molecular flexibility index (Phi) is 2.21. The van der Waals surface area contributed by atoms with E-state index in [1.165, 1.54) is 12.3 Å². The molecule has 1 heterocycles. The standard InChI is InChI=1S/C8H8O3/c1-2-6-3-8(10)11-5-7(6)4-9/h3-5H,2H2,1H3. The third kappa shape index (κ3) is 1.55. The van der Waals surface area contributed by atoms with E-state index in [0.717, 1.165) is 5.56 Å². The smallest absolute Gasteiger partial charge is 0.335 e. The van der Waals surface area contributed by atoms with Crippen LogP contribution in [0.2, 0.25) is 0 Å². The molecule has 1 aromatic heterocycles. The van der Waals surface area contributed by atoms with Crippen LogP contribution < -0.4 is 5.63 Å². The number of hydrogen-bond donors (Lipinski definition) is 0. The Morgan fingerprint density at radius 2 is 2.36 bits per heavy atom. The maximum absolute atomic E-state index is 10.6. The molecule has 0 saturated carbocycles. The highest BCUT2D eigenvalue weighted by Gasteiger charge is 2.00. The van der Waals surface area contributed by atoms with E-state index in [1.54, 1.807) is 0 Å². The average Bonchev–Trinajstić information content (AvgIpc) is 2.04. The van der Waals surface area contributed by atoms with Crippen LogP contribution in [0.15, 0.2) is 21.5 Å². The Morgan fingerprint density at radius 1 is 1.64 bits per heavy atom. The van der Waals surface area contributed by atoms with E-state index in [9.17, 15) is 9.59 Å². The van der Waals surface area contributed by atoms with Gasteiger partial charge in [-0.1, -0.05) is 6.92 Å². The summed E-state index contributed by atoms with van der Waals surface area (Å²) in [6.45, 7) is 1.88. The number of hydrogen-bond acceptors (Lipinski definition) is 3. The third-order valence-electron chi connectivity index (χ3n) is 1.47. The van der Waals surface area contributed by atoms with Crippen molar-refractivity contribution >= 4 is 6.29 Å². The van der Waals surface area contributed by atoms with E-state index in [4.69, 9.17) is 0 Å². The minimum absolute atomic E-state index is 0.410. The summed E-state index contributed by atoms with van der Waals surface area (Å²) >= 11 is 0. The molecule has 0 aromatic carbocycles. The molecule has 0 fully saturated rings. The molecule has 0 N–H and O–H groups in total. The molecule has 1 aromatic rings. The van der Waals surface area contributed by atoms with Crippen LogP contribution in [0.5, 0.6) is 0 Å². The van der Waals surface area contributed by atoms with Crippen molar-refractivity contribution in [3.05, 3.63) is 33.9 Å². The quantitative estimate of drug-likeness (QED) is 0.594. The summed E-state index contributed by atoms with van der Waals surface area (Å²) in [7, 11) is 0. The van der Waals surface area contributed by atoms with Gasteiger partial charge in [0.2, 0.25) is 0 Å². The van der Waals surface area contributed by atoms with Gasteiger partial charge in [-0.25, -0.2) is 4.79 Å². The second-order valence-corrected chi connectivity index (χ2v) is 2.15. The first-order valence-electron chi connectivity index (χ1n) is 3.35. The van der Waals surface area contributed by atoms with Gasteiger partial charge in [-0.3, -0.25) is 4.79 Å². The van der Waals surface area contributed by atoms with Gasteiger partial charge in [0.15, 0.2) is 6.29 Å². The predicted molar refractivity (Wildman–Crippen MR) is 39.7 cm³/mol. The number of aryl methyl sites for hydroxylation is 1. The molecule has 0 atom stereocenters. The third-order valence-corrected chi connectivity index (χ3v) is 1.47. The van der Waals surface area contributed by atoms with Crippen LogP contribution in [0.4, 0.5) is 0 Å². The average molecular weight is 152 g/mol. The highest BCUT2D eigenvalue weighted by molar-refractivity contribution is 5.76. The fraction of sp³-hybridized carbons (Fsp3) is 0.250. The van der Waals surface area contributed by atoms with Crippen molar-refractivity contribution in [3.8, 4) is 0 Å². The van der Waals surface area contributed by atoms with Crippen LogP contribution in [0.3, 0.4) is 0 Å². The molecule has 0 aliphatic rings. The first-order chi connectivity index (χ1) is 5.27. The first-order valence-corrected chi connectivity index (χ1v) is 3.35. The van der Waals surface area contributed by atoms with Crippen molar-refractivity contribution in [2.45, 2.75) is 13.3 Å². The molecule has 58 valence electrons. The van der Waals surface area contributed by atoms with Crippen molar-refractivity contribution in [1.29, 1.82) is 0 Å². The summed E-state index contributed by atoms with van der Waals surface area (Å²) in [5.74, 6) is 0. The zero-order valence-electron chi connectivity index (χ0n) is 6.16. The molecule has 11 heavy (non-hydrogen) atoms. The molecular formula is C8H8O3. The van der Waals surface area contributed by atoms with E-state index in [-0.39, 0.29) is 0 Å². The van der Waals surface area contributed by atoms with Gasteiger partial charge >= 0.3 is 5.63 Å². The number of rotatable bonds is 2. The monoisotopic (exact) mass is 152 g/mol. The lowest BCUT2D eigenvalue weighted by atomic mass is 10.1. The van der Waals surface area contributed by atoms with Crippen LogP contribution in [0.1, 0.15) is 22.8 Å². The van der Waals surface area contributed by atoms with Crippen molar-refractivity contribution in [1.82, 2.24) is 0 Å². The van der Waals surface area contributed by atoms with Crippen LogP contribution in [0.25, 0.3) is 0 Å². The lowest BCUT2D eigenvalue weighted by Gasteiger charge is -1.96. The predicted octanol–water partition coefficient (Wildman–Crippen LogP) is 1.01. The number of carbonyl (C=O) groups excluding carboxylic acids is 1. The van der Waals surface area contributed by atoms with E-state index in [0.29, 0.717) is 18.3 Å². The minimum Gasteiger partial charge on any atom is -0.431 e. The van der Waals surface area contributed by atoms with E-state index < -0.39 is 5.63 Å². The fourth-order valence-corrected chi connectivity index (χ4v) is 0.867. The summed E-state index contributed by atoms with van der Waals surface area (Å²) in [4.78, 5) is 21.0. The molecule has 0 radical (unpaired) electrons. The molecule has 3 nitrogen and oxygen atoms in total. The summed E-state index contributed by atoms with van der Waals surface area (Å²) < 4.78 is 4.50. The highest BCUT2D eigenvalue weighted by atomic mass is 16.4. The molecule has 0 saturated heterocycles. The minimum atomic E-state index is -0.410. The highest BCUT2D eigenvalue weighted by Crippen LogP contribution is 2.02. The molecular weight excluding hydrogens is 144 g/mol. The Morgan fingerprint density at radius 3 is 2.91 bits per heavy atom. The lowest BCUT2D eigenvalue weighted by Crippen LogP contribution is -2.01.